The van der Waals surface area contributed by atoms with Gasteiger partial charge in [0, 0.05) is 49.7 Å². The minimum atomic E-state index is -0.0555. The summed E-state index contributed by atoms with van der Waals surface area (Å²) in [7, 11) is 1.62. The van der Waals surface area contributed by atoms with Crippen LogP contribution in [0.15, 0.2) is 48.1 Å². The fraction of sp³-hybridized carbons (Fsp3) is 0.261. The first-order chi connectivity index (χ1) is 15.7. The molecule has 1 aromatic carbocycles. The van der Waals surface area contributed by atoms with E-state index in [1.165, 1.54) is 5.57 Å². The van der Waals surface area contributed by atoms with Crippen LogP contribution in [0.25, 0.3) is 26.8 Å². The molecule has 3 aromatic heterocycles. The van der Waals surface area contributed by atoms with E-state index in [9.17, 15) is 4.79 Å². The van der Waals surface area contributed by atoms with Gasteiger partial charge in [0.05, 0.1) is 28.0 Å². The van der Waals surface area contributed by atoms with Crippen molar-refractivity contribution in [2.24, 2.45) is 0 Å². The molecular formula is C23H24N6O2S. The van der Waals surface area contributed by atoms with Crippen molar-refractivity contribution in [2.75, 3.05) is 38.7 Å². The van der Waals surface area contributed by atoms with E-state index in [0.717, 1.165) is 44.7 Å². The molecule has 5 rings (SSSR count). The summed E-state index contributed by atoms with van der Waals surface area (Å²) < 4.78 is 6.13. The van der Waals surface area contributed by atoms with Crippen LogP contribution < -0.4 is 10.6 Å². The van der Waals surface area contributed by atoms with Crippen molar-refractivity contribution in [1.82, 2.24) is 25.2 Å². The maximum atomic E-state index is 12.2. The highest BCUT2D eigenvalue weighted by Crippen LogP contribution is 2.31. The molecule has 8 nitrogen and oxygen atoms in total. The van der Waals surface area contributed by atoms with Crippen LogP contribution >= 0.6 is 11.3 Å². The molecule has 0 fully saturated rings. The molecule has 4 aromatic rings. The fourth-order valence-electron chi connectivity index (χ4n) is 3.87. The van der Waals surface area contributed by atoms with Gasteiger partial charge in [-0.2, -0.15) is 0 Å². The number of benzene rings is 1. The lowest BCUT2D eigenvalue weighted by Crippen LogP contribution is -2.43. The molecule has 1 aliphatic rings. The number of nitrogens with zero attached hydrogens (tertiary/aromatic N) is 3. The van der Waals surface area contributed by atoms with E-state index in [-0.39, 0.29) is 6.03 Å². The highest BCUT2D eigenvalue weighted by molar-refractivity contribution is 7.16. The number of hydrogen-bond donors (Lipinski definition) is 3. The Bertz CT molecular complexity index is 1290. The number of pyridine rings is 1. The number of nitrogens with one attached hydrogen (secondary N) is 3. The topological polar surface area (TPSA) is 95.2 Å². The maximum absolute atomic E-state index is 12.2. The molecule has 2 amide bonds. The summed E-state index contributed by atoms with van der Waals surface area (Å²) in [6.07, 6.45) is 4.70. The summed E-state index contributed by atoms with van der Waals surface area (Å²) in [5, 5.41) is 7.43. The highest BCUT2D eigenvalue weighted by Gasteiger charge is 2.19. The van der Waals surface area contributed by atoms with Gasteiger partial charge in [-0.1, -0.05) is 6.08 Å². The number of methoxy groups -OCH3 is 1. The fourth-order valence-corrected chi connectivity index (χ4v) is 4.58. The number of amides is 2. The third-order valence-corrected chi connectivity index (χ3v) is 6.36. The number of aromatic nitrogens is 3. The van der Waals surface area contributed by atoms with Crippen LogP contribution in [0, 0.1) is 0 Å². The standard InChI is InChI=1S/C23H24N6O2S/c1-31-11-8-25-23(30)29-9-5-15(6-10-29)20-13-17-18(4-7-24-22(17)28-20)27-16-2-3-19-21(12-16)32-14-26-19/h2-5,7,12-14H,6,8-11H2,1H3,(H,25,30)(H2,24,27,28). The third kappa shape index (κ3) is 4.17. The van der Waals surface area contributed by atoms with Crippen LogP contribution in [0.4, 0.5) is 16.2 Å². The molecule has 1 aliphatic heterocycles. The van der Waals surface area contributed by atoms with Crippen molar-refractivity contribution >= 4 is 55.6 Å². The van der Waals surface area contributed by atoms with Gasteiger partial charge in [-0.05, 0) is 42.3 Å². The zero-order chi connectivity index (χ0) is 21.9. The van der Waals surface area contributed by atoms with Gasteiger partial charge in [-0.15, -0.1) is 11.3 Å². The Kier molecular flexibility index (Phi) is 5.74. The van der Waals surface area contributed by atoms with Crippen LogP contribution in [0.3, 0.4) is 0 Å². The van der Waals surface area contributed by atoms with Gasteiger partial charge in [0.15, 0.2) is 0 Å². The summed E-state index contributed by atoms with van der Waals surface area (Å²) in [6.45, 7) is 2.28. The first kappa shape index (κ1) is 20.5. The Balaban J connectivity index is 1.33. The zero-order valence-corrected chi connectivity index (χ0v) is 18.5. The van der Waals surface area contributed by atoms with Crippen LogP contribution in [0.5, 0.6) is 0 Å². The molecule has 0 unspecified atom stereocenters. The Labute approximate surface area is 189 Å². The Morgan fingerprint density at radius 1 is 1.28 bits per heavy atom. The van der Waals surface area contributed by atoms with Crippen LogP contribution in [-0.4, -0.2) is 59.2 Å². The molecule has 0 atom stereocenters. The smallest absolute Gasteiger partial charge is 0.317 e. The molecule has 0 aliphatic carbocycles. The normalized spacial score (nSPS) is 14.0. The van der Waals surface area contributed by atoms with E-state index in [1.54, 1.807) is 24.6 Å². The lowest BCUT2D eigenvalue weighted by Gasteiger charge is -2.26. The number of carbonyl (C=O) groups excluding carboxylic acids is 1. The molecule has 4 heterocycles. The Morgan fingerprint density at radius 3 is 3.06 bits per heavy atom. The van der Waals surface area contributed by atoms with Crippen molar-refractivity contribution in [3.05, 3.63) is 53.8 Å². The zero-order valence-electron chi connectivity index (χ0n) is 17.7. The van der Waals surface area contributed by atoms with Gasteiger partial charge < -0.3 is 25.3 Å². The van der Waals surface area contributed by atoms with Crippen molar-refractivity contribution in [3.8, 4) is 0 Å². The minimum absolute atomic E-state index is 0.0555. The lowest BCUT2D eigenvalue weighted by molar-refractivity contribution is 0.182. The molecule has 0 bridgehead atoms. The maximum Gasteiger partial charge on any atom is 0.317 e. The second-order valence-corrected chi connectivity index (χ2v) is 8.50. The summed E-state index contributed by atoms with van der Waals surface area (Å²) >= 11 is 1.63. The summed E-state index contributed by atoms with van der Waals surface area (Å²) in [4.78, 5) is 26.3. The molecule has 3 N–H and O–H groups in total. The number of carbonyl (C=O) groups is 1. The molecule has 0 saturated carbocycles. The van der Waals surface area contributed by atoms with Gasteiger partial charge in [0.1, 0.15) is 5.65 Å². The van der Waals surface area contributed by atoms with Crippen molar-refractivity contribution < 1.29 is 9.53 Å². The number of hydrogen-bond acceptors (Lipinski definition) is 6. The van der Waals surface area contributed by atoms with Crippen molar-refractivity contribution in [1.29, 1.82) is 0 Å². The van der Waals surface area contributed by atoms with E-state index in [0.29, 0.717) is 26.2 Å². The number of ether oxygens (including phenoxy) is 1. The number of anilines is 2. The monoisotopic (exact) mass is 448 g/mol. The highest BCUT2D eigenvalue weighted by atomic mass is 32.1. The van der Waals surface area contributed by atoms with Crippen LogP contribution in [0.2, 0.25) is 0 Å². The quantitative estimate of drug-likeness (QED) is 0.381. The first-order valence-electron chi connectivity index (χ1n) is 10.5. The molecular weight excluding hydrogens is 424 g/mol. The van der Waals surface area contributed by atoms with E-state index in [2.05, 4.69) is 43.8 Å². The van der Waals surface area contributed by atoms with E-state index in [4.69, 9.17) is 4.74 Å². The van der Waals surface area contributed by atoms with Crippen LogP contribution in [0.1, 0.15) is 12.1 Å². The molecule has 9 heteroatoms. The molecule has 32 heavy (non-hydrogen) atoms. The predicted molar refractivity (Wildman–Crippen MR) is 128 cm³/mol. The predicted octanol–water partition coefficient (Wildman–Crippen LogP) is 4.36. The Morgan fingerprint density at radius 2 is 2.22 bits per heavy atom. The first-order valence-corrected chi connectivity index (χ1v) is 11.4. The van der Waals surface area contributed by atoms with Crippen molar-refractivity contribution in [2.45, 2.75) is 6.42 Å². The molecule has 0 saturated heterocycles. The van der Waals surface area contributed by atoms with E-state index in [1.807, 2.05) is 28.6 Å². The van der Waals surface area contributed by atoms with Gasteiger partial charge in [-0.25, -0.2) is 14.8 Å². The summed E-state index contributed by atoms with van der Waals surface area (Å²) in [5.41, 5.74) is 7.96. The number of thiazole rings is 1. The van der Waals surface area contributed by atoms with Gasteiger partial charge in [0.2, 0.25) is 0 Å². The largest absolute Gasteiger partial charge is 0.383 e. The van der Waals surface area contributed by atoms with E-state index < -0.39 is 0 Å². The minimum Gasteiger partial charge on any atom is -0.383 e. The SMILES string of the molecule is COCCNC(=O)N1CC=C(c2cc3c(Nc4ccc5ncsc5c4)ccnc3[nH]2)CC1. The number of fused-ring (bicyclic) bond motifs is 2. The summed E-state index contributed by atoms with van der Waals surface area (Å²) in [6, 6.07) is 10.2. The Hall–Kier alpha value is -3.43. The van der Waals surface area contributed by atoms with Gasteiger partial charge >= 0.3 is 6.03 Å². The van der Waals surface area contributed by atoms with Crippen LogP contribution in [-0.2, 0) is 4.74 Å². The number of urea groups is 1. The van der Waals surface area contributed by atoms with Crippen molar-refractivity contribution in [3.63, 3.8) is 0 Å². The second kappa shape index (κ2) is 8.97. The molecule has 164 valence electrons. The molecule has 0 spiro atoms. The van der Waals surface area contributed by atoms with E-state index >= 15 is 0 Å². The summed E-state index contributed by atoms with van der Waals surface area (Å²) in [5.74, 6) is 0. The molecule has 0 radical (unpaired) electrons. The lowest BCUT2D eigenvalue weighted by atomic mass is 10.0. The number of rotatable bonds is 6. The van der Waals surface area contributed by atoms with Gasteiger partial charge in [0.25, 0.3) is 0 Å². The number of aromatic amines is 1. The van der Waals surface area contributed by atoms with Gasteiger partial charge in [-0.3, -0.25) is 0 Å². The second-order valence-electron chi connectivity index (χ2n) is 7.61. The average molecular weight is 449 g/mol. The number of H-pyrrole nitrogens is 1. The average Bonchev–Trinajstić information content (AvgIpc) is 3.46. The third-order valence-electron chi connectivity index (χ3n) is 5.57.